The molecule has 0 atom stereocenters. The van der Waals surface area contributed by atoms with Crippen LogP contribution in [0.25, 0.3) is 0 Å². The van der Waals surface area contributed by atoms with Crippen molar-refractivity contribution in [3.05, 3.63) is 29.3 Å². The number of anilines is 1. The van der Waals surface area contributed by atoms with Crippen LogP contribution in [0.15, 0.2) is 23.2 Å². The number of likely N-dealkylation sites (N-methyl/N-ethyl adjacent to an activating group) is 1. The molecule has 0 bridgehead atoms. The topological polar surface area (TPSA) is 52.1 Å². The summed E-state index contributed by atoms with van der Waals surface area (Å²) >= 11 is 0. The molecule has 1 aromatic carbocycles. The van der Waals surface area contributed by atoms with Gasteiger partial charge in [0.05, 0.1) is 12.1 Å². The number of nitrogens with zero attached hydrogens (tertiary/aromatic N) is 3. The fourth-order valence-corrected chi connectivity index (χ4v) is 3.17. The zero-order valence-corrected chi connectivity index (χ0v) is 17.5. The van der Waals surface area contributed by atoms with Gasteiger partial charge in [-0.2, -0.15) is 13.2 Å². The molecule has 0 amide bonds. The maximum Gasteiger partial charge on any atom is 0.416 e. The molecule has 9 heteroatoms. The highest BCUT2D eigenvalue weighted by Gasteiger charge is 2.31. The molecule has 1 aliphatic heterocycles. The SMILES string of the molecule is CCNC(=NCc1cc(C(F)(F)F)ccc1N1CCN(C)CC1)NCCCOC. The van der Waals surface area contributed by atoms with E-state index in [0.29, 0.717) is 31.2 Å². The summed E-state index contributed by atoms with van der Waals surface area (Å²) in [5, 5.41) is 6.33. The van der Waals surface area contributed by atoms with Crippen LogP contribution in [0.5, 0.6) is 0 Å². The monoisotopic (exact) mass is 415 g/mol. The second-order valence-corrected chi connectivity index (χ2v) is 7.10. The number of alkyl halides is 3. The third-order valence-corrected chi connectivity index (χ3v) is 4.82. The molecule has 1 saturated heterocycles. The Morgan fingerprint density at radius 3 is 2.52 bits per heavy atom. The van der Waals surface area contributed by atoms with Gasteiger partial charge in [0.15, 0.2) is 5.96 Å². The molecule has 1 heterocycles. The van der Waals surface area contributed by atoms with Crippen molar-refractivity contribution in [2.24, 2.45) is 4.99 Å². The van der Waals surface area contributed by atoms with Gasteiger partial charge >= 0.3 is 6.18 Å². The van der Waals surface area contributed by atoms with Gasteiger partial charge in [-0.1, -0.05) is 0 Å². The molecule has 1 aliphatic rings. The molecule has 2 N–H and O–H groups in total. The standard InChI is InChI=1S/C20H32F3N5O/c1-4-24-19(25-8-5-13-29-3)26-15-16-14-17(20(21,22)23)6-7-18(16)28-11-9-27(2)10-12-28/h6-7,14H,4-5,8-13,15H2,1-3H3,(H2,24,25,26). The number of piperazine rings is 1. The third kappa shape index (κ3) is 7.40. The van der Waals surface area contributed by atoms with Crippen LogP contribution in [-0.4, -0.2) is 70.9 Å². The third-order valence-electron chi connectivity index (χ3n) is 4.82. The van der Waals surface area contributed by atoms with Gasteiger partial charge in [-0.3, -0.25) is 0 Å². The largest absolute Gasteiger partial charge is 0.416 e. The average Bonchev–Trinajstić information content (AvgIpc) is 2.69. The van der Waals surface area contributed by atoms with Crippen molar-refractivity contribution in [3.8, 4) is 0 Å². The molecule has 6 nitrogen and oxygen atoms in total. The zero-order chi connectivity index (χ0) is 21.3. The first kappa shape index (κ1) is 23.3. The highest BCUT2D eigenvalue weighted by atomic mass is 19.4. The van der Waals surface area contributed by atoms with Crippen LogP contribution in [0, 0.1) is 0 Å². The molecule has 1 fully saturated rings. The minimum atomic E-state index is -4.37. The number of ether oxygens (including phenoxy) is 1. The van der Waals surface area contributed by atoms with Gasteiger partial charge in [-0.05, 0) is 44.2 Å². The molecule has 0 unspecified atom stereocenters. The summed E-state index contributed by atoms with van der Waals surface area (Å²) in [5.74, 6) is 0.588. The van der Waals surface area contributed by atoms with Crippen molar-refractivity contribution < 1.29 is 17.9 Å². The van der Waals surface area contributed by atoms with Crippen LogP contribution in [0.4, 0.5) is 18.9 Å². The van der Waals surface area contributed by atoms with E-state index in [1.807, 2.05) is 14.0 Å². The second kappa shape index (κ2) is 11.3. The molecule has 1 aromatic rings. The van der Waals surface area contributed by atoms with Crippen LogP contribution >= 0.6 is 0 Å². The summed E-state index contributed by atoms with van der Waals surface area (Å²) in [6.45, 7) is 7.44. The number of hydrogen-bond donors (Lipinski definition) is 2. The molecule has 29 heavy (non-hydrogen) atoms. The van der Waals surface area contributed by atoms with Gasteiger partial charge in [0.2, 0.25) is 0 Å². The van der Waals surface area contributed by atoms with Crippen molar-refractivity contribution in [3.63, 3.8) is 0 Å². The number of methoxy groups -OCH3 is 1. The van der Waals surface area contributed by atoms with Gasteiger partial charge in [-0.15, -0.1) is 0 Å². The summed E-state index contributed by atoms with van der Waals surface area (Å²) in [5.41, 5.74) is 0.766. The summed E-state index contributed by atoms with van der Waals surface area (Å²) < 4.78 is 44.8. The van der Waals surface area contributed by atoms with E-state index in [9.17, 15) is 13.2 Å². The lowest BCUT2D eigenvalue weighted by Crippen LogP contribution is -2.44. The maximum atomic E-state index is 13.3. The van der Waals surface area contributed by atoms with E-state index in [4.69, 9.17) is 4.74 Å². The first-order valence-corrected chi connectivity index (χ1v) is 10.00. The lowest BCUT2D eigenvalue weighted by Gasteiger charge is -2.35. The van der Waals surface area contributed by atoms with Gasteiger partial charge in [0.25, 0.3) is 0 Å². The number of nitrogens with one attached hydrogen (secondary N) is 2. The summed E-state index contributed by atoms with van der Waals surface area (Å²) in [6, 6.07) is 3.97. The van der Waals surface area contributed by atoms with Crippen LogP contribution < -0.4 is 15.5 Å². The first-order chi connectivity index (χ1) is 13.8. The van der Waals surface area contributed by atoms with E-state index in [-0.39, 0.29) is 6.54 Å². The summed E-state index contributed by atoms with van der Waals surface area (Å²) in [7, 11) is 3.69. The Balaban J connectivity index is 2.21. The highest BCUT2D eigenvalue weighted by molar-refractivity contribution is 5.79. The Morgan fingerprint density at radius 2 is 1.90 bits per heavy atom. The maximum absolute atomic E-state index is 13.3. The number of halogens is 3. The highest BCUT2D eigenvalue weighted by Crippen LogP contribution is 2.33. The van der Waals surface area contributed by atoms with Gasteiger partial charge in [0.1, 0.15) is 0 Å². The molecule has 0 spiro atoms. The molecule has 164 valence electrons. The Hall–Kier alpha value is -2.00. The number of guanidine groups is 1. The van der Waals surface area contributed by atoms with E-state index >= 15 is 0 Å². The minimum absolute atomic E-state index is 0.172. The smallest absolute Gasteiger partial charge is 0.385 e. The summed E-state index contributed by atoms with van der Waals surface area (Å²) in [4.78, 5) is 8.88. The van der Waals surface area contributed by atoms with Crippen LogP contribution in [0.3, 0.4) is 0 Å². The number of aliphatic imine (C=N–C) groups is 1. The number of rotatable bonds is 8. The van der Waals surface area contributed by atoms with Gasteiger partial charge in [-0.25, -0.2) is 4.99 Å². The van der Waals surface area contributed by atoms with E-state index in [1.165, 1.54) is 6.07 Å². The molecule has 0 aliphatic carbocycles. The molecule has 0 saturated carbocycles. The van der Waals surface area contributed by atoms with E-state index in [0.717, 1.165) is 44.4 Å². The molecule has 0 radical (unpaired) electrons. The first-order valence-electron chi connectivity index (χ1n) is 10.00. The van der Waals surface area contributed by atoms with Gasteiger partial charge in [0, 0.05) is 58.7 Å². The Morgan fingerprint density at radius 1 is 1.17 bits per heavy atom. The zero-order valence-electron chi connectivity index (χ0n) is 17.5. The molecular weight excluding hydrogens is 383 g/mol. The van der Waals surface area contributed by atoms with Crippen molar-refractivity contribution in [1.82, 2.24) is 15.5 Å². The predicted molar refractivity (Wildman–Crippen MR) is 110 cm³/mol. The molecule has 0 aromatic heterocycles. The average molecular weight is 416 g/mol. The van der Waals surface area contributed by atoms with Crippen molar-refractivity contribution in [2.75, 3.05) is 64.9 Å². The Labute approximate surface area is 171 Å². The lowest BCUT2D eigenvalue weighted by molar-refractivity contribution is -0.137. The van der Waals surface area contributed by atoms with Crippen molar-refractivity contribution >= 4 is 11.6 Å². The Bertz CT molecular complexity index is 658. The summed E-state index contributed by atoms with van der Waals surface area (Å²) in [6.07, 6.45) is -3.56. The quantitative estimate of drug-likeness (QED) is 0.388. The number of benzene rings is 1. The fraction of sp³-hybridized carbons (Fsp3) is 0.650. The lowest BCUT2D eigenvalue weighted by atomic mass is 10.1. The van der Waals surface area contributed by atoms with Gasteiger partial charge < -0.3 is 25.2 Å². The normalized spacial score (nSPS) is 16.2. The van der Waals surface area contributed by atoms with E-state index in [1.54, 1.807) is 13.2 Å². The Kier molecular flexibility index (Phi) is 9.03. The van der Waals surface area contributed by atoms with E-state index in [2.05, 4.69) is 25.4 Å². The minimum Gasteiger partial charge on any atom is -0.385 e. The van der Waals surface area contributed by atoms with Crippen molar-refractivity contribution in [2.45, 2.75) is 26.1 Å². The number of hydrogen-bond acceptors (Lipinski definition) is 4. The van der Waals surface area contributed by atoms with Crippen LogP contribution in [0.2, 0.25) is 0 Å². The van der Waals surface area contributed by atoms with Crippen molar-refractivity contribution in [1.29, 1.82) is 0 Å². The van der Waals surface area contributed by atoms with Crippen LogP contribution in [-0.2, 0) is 17.5 Å². The van der Waals surface area contributed by atoms with Crippen LogP contribution in [0.1, 0.15) is 24.5 Å². The fourth-order valence-electron chi connectivity index (χ4n) is 3.17. The molecule has 2 rings (SSSR count). The molecular formula is C20H32F3N5O. The predicted octanol–water partition coefficient (Wildman–Crippen LogP) is 2.55. The van der Waals surface area contributed by atoms with E-state index < -0.39 is 11.7 Å². The second-order valence-electron chi connectivity index (χ2n) is 7.10.